The molecule has 0 bridgehead atoms. The highest BCUT2D eigenvalue weighted by Crippen LogP contribution is 2.29. The Labute approximate surface area is 175 Å². The second-order valence-electron chi connectivity index (χ2n) is 5.57. The predicted octanol–water partition coefficient (Wildman–Crippen LogP) is 5.11. The average Bonchev–Trinajstić information content (AvgIpc) is 3.06. The monoisotopic (exact) mass is 456 g/mol. The van der Waals surface area contributed by atoms with Crippen LogP contribution in [0.4, 0.5) is 8.78 Å². The summed E-state index contributed by atoms with van der Waals surface area (Å²) in [7, 11) is 0. The van der Waals surface area contributed by atoms with E-state index in [-0.39, 0.29) is 22.0 Å². The van der Waals surface area contributed by atoms with Gasteiger partial charge >= 0.3 is 0 Å². The molecule has 0 aliphatic rings. The molecule has 28 heavy (non-hydrogen) atoms. The number of nitrogens with zero attached hydrogens (tertiary/aromatic N) is 4. The molecule has 5 nitrogen and oxygen atoms in total. The fourth-order valence-corrected chi connectivity index (χ4v) is 4.44. The van der Waals surface area contributed by atoms with E-state index < -0.39 is 17.2 Å². The topological polar surface area (TPSA) is 60.7 Å². The van der Waals surface area contributed by atoms with Gasteiger partial charge in [0.15, 0.2) is 5.16 Å². The summed E-state index contributed by atoms with van der Waals surface area (Å²) >= 11 is 14.2. The highest BCUT2D eigenvalue weighted by molar-refractivity contribution is 7.98. The standard InChI is InChI=1S/C17H8Cl2F2N4OS2/c18-8-1-3-12-10(5-8)16(26)25(14-4-2-9(20)6-11(14)21)17(22-12)27-7-13-15(19)28-24-23-13/h1-6H,7H2. The van der Waals surface area contributed by atoms with E-state index in [9.17, 15) is 13.6 Å². The van der Waals surface area contributed by atoms with E-state index in [0.29, 0.717) is 26.6 Å². The van der Waals surface area contributed by atoms with Crippen molar-refractivity contribution >= 4 is 57.4 Å². The molecule has 0 aliphatic carbocycles. The lowest BCUT2D eigenvalue weighted by Gasteiger charge is -2.13. The van der Waals surface area contributed by atoms with Crippen LogP contribution in [0, 0.1) is 11.6 Å². The van der Waals surface area contributed by atoms with Gasteiger partial charge in [-0.2, -0.15) is 0 Å². The maximum Gasteiger partial charge on any atom is 0.266 e. The molecule has 0 unspecified atom stereocenters. The Morgan fingerprint density at radius 2 is 1.96 bits per heavy atom. The molecule has 0 saturated carbocycles. The molecule has 2 aromatic heterocycles. The maximum absolute atomic E-state index is 14.4. The Morgan fingerprint density at radius 3 is 2.68 bits per heavy atom. The highest BCUT2D eigenvalue weighted by Gasteiger charge is 2.18. The first-order valence-electron chi connectivity index (χ1n) is 7.71. The van der Waals surface area contributed by atoms with Crippen LogP contribution < -0.4 is 5.56 Å². The number of rotatable bonds is 4. The number of benzene rings is 2. The van der Waals surface area contributed by atoms with E-state index in [1.54, 1.807) is 12.1 Å². The van der Waals surface area contributed by atoms with Gasteiger partial charge in [-0.3, -0.25) is 9.36 Å². The fraction of sp³-hybridized carbons (Fsp3) is 0.0588. The lowest BCUT2D eigenvalue weighted by Crippen LogP contribution is -2.22. The van der Waals surface area contributed by atoms with Crippen molar-refractivity contribution in [2.75, 3.05) is 0 Å². The molecule has 0 amide bonds. The summed E-state index contributed by atoms with van der Waals surface area (Å²) in [5.41, 5.74) is 0.278. The molecule has 0 atom stereocenters. The van der Waals surface area contributed by atoms with E-state index in [0.717, 1.165) is 33.9 Å². The highest BCUT2D eigenvalue weighted by atomic mass is 35.5. The zero-order valence-electron chi connectivity index (χ0n) is 13.7. The van der Waals surface area contributed by atoms with Gasteiger partial charge < -0.3 is 0 Å². The van der Waals surface area contributed by atoms with Gasteiger partial charge in [-0.1, -0.05) is 39.5 Å². The van der Waals surface area contributed by atoms with E-state index in [1.807, 2.05) is 0 Å². The zero-order valence-corrected chi connectivity index (χ0v) is 16.8. The Hall–Kier alpha value is -2.07. The molecular formula is C17H8Cl2F2N4OS2. The van der Waals surface area contributed by atoms with Crippen molar-refractivity contribution in [3.05, 3.63) is 73.4 Å². The minimum absolute atomic E-state index is 0.120. The predicted molar refractivity (Wildman–Crippen MR) is 107 cm³/mol. The van der Waals surface area contributed by atoms with Crippen LogP contribution in [-0.4, -0.2) is 19.1 Å². The van der Waals surface area contributed by atoms with Gasteiger partial charge in [0.2, 0.25) is 0 Å². The SMILES string of the molecule is O=c1c2cc(Cl)ccc2nc(SCc2nnsc2Cl)n1-c1ccc(F)cc1F. The molecule has 2 aromatic carbocycles. The van der Waals surface area contributed by atoms with E-state index in [2.05, 4.69) is 14.6 Å². The van der Waals surface area contributed by atoms with Gasteiger partial charge in [0.05, 0.1) is 16.6 Å². The summed E-state index contributed by atoms with van der Waals surface area (Å²) in [5.74, 6) is -1.37. The number of halogens is 4. The van der Waals surface area contributed by atoms with Crippen LogP contribution >= 0.6 is 46.5 Å². The van der Waals surface area contributed by atoms with Crippen molar-refractivity contribution < 1.29 is 8.78 Å². The van der Waals surface area contributed by atoms with E-state index in [1.165, 1.54) is 12.1 Å². The molecule has 0 radical (unpaired) electrons. The summed E-state index contributed by atoms with van der Waals surface area (Å²) in [5, 5.41) is 4.68. The van der Waals surface area contributed by atoms with Crippen molar-refractivity contribution in [3.8, 4) is 5.69 Å². The number of fused-ring (bicyclic) bond motifs is 1. The minimum atomic E-state index is -0.888. The second-order valence-corrected chi connectivity index (χ2v) is 8.31. The first-order valence-corrected chi connectivity index (χ1v) is 10.2. The van der Waals surface area contributed by atoms with Crippen LogP contribution in [0.1, 0.15) is 5.69 Å². The van der Waals surface area contributed by atoms with Gasteiger partial charge in [-0.25, -0.2) is 13.8 Å². The lowest BCUT2D eigenvalue weighted by atomic mass is 10.2. The van der Waals surface area contributed by atoms with Gasteiger partial charge in [-0.05, 0) is 30.3 Å². The van der Waals surface area contributed by atoms with Crippen molar-refractivity contribution in [1.82, 2.24) is 19.1 Å². The average molecular weight is 457 g/mol. The maximum atomic E-state index is 14.4. The third-order valence-corrected chi connectivity index (χ3v) is 5.97. The third kappa shape index (κ3) is 3.62. The molecule has 0 spiro atoms. The smallest absolute Gasteiger partial charge is 0.266 e. The van der Waals surface area contributed by atoms with Crippen LogP contribution in [-0.2, 0) is 5.75 Å². The van der Waals surface area contributed by atoms with E-state index in [4.69, 9.17) is 23.2 Å². The van der Waals surface area contributed by atoms with Crippen LogP contribution in [0.15, 0.2) is 46.3 Å². The molecule has 4 aromatic rings. The largest absolute Gasteiger partial charge is 0.268 e. The zero-order chi connectivity index (χ0) is 19.8. The van der Waals surface area contributed by atoms with Gasteiger partial charge in [0.25, 0.3) is 5.56 Å². The minimum Gasteiger partial charge on any atom is -0.268 e. The molecule has 0 aliphatic heterocycles. The summed E-state index contributed by atoms with van der Waals surface area (Å²) in [6.45, 7) is 0. The normalized spacial score (nSPS) is 11.3. The quantitative estimate of drug-likeness (QED) is 0.315. The number of thioether (sulfide) groups is 1. The van der Waals surface area contributed by atoms with Gasteiger partial charge in [0, 0.05) is 28.4 Å². The molecule has 2 heterocycles. The molecule has 11 heteroatoms. The molecule has 0 fully saturated rings. The molecular weight excluding hydrogens is 449 g/mol. The number of hydrogen-bond acceptors (Lipinski definition) is 6. The Bertz CT molecular complexity index is 1260. The summed E-state index contributed by atoms with van der Waals surface area (Å²) in [6, 6.07) is 7.63. The van der Waals surface area contributed by atoms with Crippen molar-refractivity contribution in [1.29, 1.82) is 0 Å². The summed E-state index contributed by atoms with van der Waals surface area (Å²) in [4.78, 5) is 17.6. The first-order chi connectivity index (χ1) is 13.4. The van der Waals surface area contributed by atoms with Crippen LogP contribution in [0.2, 0.25) is 9.36 Å². The van der Waals surface area contributed by atoms with Gasteiger partial charge in [0.1, 0.15) is 21.7 Å². The lowest BCUT2D eigenvalue weighted by molar-refractivity contribution is 0.572. The second kappa shape index (κ2) is 7.75. The van der Waals surface area contributed by atoms with Crippen LogP contribution in [0.3, 0.4) is 0 Å². The van der Waals surface area contributed by atoms with Crippen LogP contribution in [0.5, 0.6) is 0 Å². The Morgan fingerprint density at radius 1 is 1.14 bits per heavy atom. The van der Waals surface area contributed by atoms with Crippen molar-refractivity contribution in [2.45, 2.75) is 10.9 Å². The number of aromatic nitrogens is 4. The molecule has 142 valence electrons. The van der Waals surface area contributed by atoms with Crippen LogP contribution in [0.25, 0.3) is 16.6 Å². The van der Waals surface area contributed by atoms with Crippen molar-refractivity contribution in [2.24, 2.45) is 0 Å². The molecule has 0 N–H and O–H groups in total. The third-order valence-electron chi connectivity index (χ3n) is 3.80. The van der Waals surface area contributed by atoms with Gasteiger partial charge in [-0.15, -0.1) is 5.10 Å². The Kier molecular flexibility index (Phi) is 5.33. The number of hydrogen-bond donors (Lipinski definition) is 0. The summed E-state index contributed by atoms with van der Waals surface area (Å²) in [6.07, 6.45) is 0. The molecule has 4 rings (SSSR count). The summed E-state index contributed by atoms with van der Waals surface area (Å²) < 4.78 is 33.1. The Balaban J connectivity index is 1.92. The van der Waals surface area contributed by atoms with Crippen molar-refractivity contribution in [3.63, 3.8) is 0 Å². The molecule has 0 saturated heterocycles. The van der Waals surface area contributed by atoms with E-state index >= 15 is 0 Å². The first kappa shape index (κ1) is 19.3. The fourth-order valence-electron chi connectivity index (χ4n) is 2.53.